The second-order valence-corrected chi connectivity index (χ2v) is 8.55. The molecule has 2 heterocycles. The number of hydrogen-bond donors (Lipinski definition) is 2. The highest BCUT2D eigenvalue weighted by Gasteiger charge is 2.22. The number of fused-ring (bicyclic) bond motifs is 1. The van der Waals surface area contributed by atoms with Crippen LogP contribution in [0.3, 0.4) is 0 Å². The molecular formula is C23H30N4O. The molecule has 0 spiro atoms. The van der Waals surface area contributed by atoms with Crippen molar-refractivity contribution < 1.29 is 4.79 Å². The first-order valence-electron chi connectivity index (χ1n) is 9.67. The quantitative estimate of drug-likeness (QED) is 0.659. The maximum absolute atomic E-state index is 12.5. The van der Waals surface area contributed by atoms with Crippen molar-refractivity contribution in [1.82, 2.24) is 9.38 Å². The molecule has 0 saturated heterocycles. The van der Waals surface area contributed by atoms with Gasteiger partial charge in [-0.1, -0.05) is 39.0 Å². The van der Waals surface area contributed by atoms with E-state index in [0.29, 0.717) is 6.54 Å². The molecule has 0 radical (unpaired) electrons. The number of nitrogens with one attached hydrogen (secondary N) is 2. The van der Waals surface area contributed by atoms with Crippen molar-refractivity contribution in [3.05, 3.63) is 58.5 Å². The number of rotatable bonds is 4. The number of aryl methyl sites for hydroxylation is 4. The number of benzene rings is 1. The molecule has 3 rings (SSSR count). The number of anilines is 2. The fraction of sp³-hybridized carbons (Fsp3) is 0.391. The second-order valence-electron chi connectivity index (χ2n) is 8.55. The fourth-order valence-electron chi connectivity index (χ4n) is 3.20. The Kier molecular flexibility index (Phi) is 5.20. The summed E-state index contributed by atoms with van der Waals surface area (Å²) in [6, 6.07) is 8.31. The van der Waals surface area contributed by atoms with Crippen LogP contribution in [0.1, 0.15) is 48.8 Å². The second kappa shape index (κ2) is 7.30. The molecule has 0 aliphatic carbocycles. The van der Waals surface area contributed by atoms with Crippen LogP contribution in [0.4, 0.5) is 11.4 Å². The first-order chi connectivity index (χ1) is 13.1. The molecule has 0 atom stereocenters. The maximum Gasteiger partial charge on any atom is 0.229 e. The lowest BCUT2D eigenvalue weighted by Gasteiger charge is -2.19. The minimum absolute atomic E-state index is 0.0120. The van der Waals surface area contributed by atoms with Crippen LogP contribution >= 0.6 is 0 Å². The molecule has 148 valence electrons. The number of carbonyl (C=O) groups is 1. The molecule has 0 saturated carbocycles. The van der Waals surface area contributed by atoms with Crippen molar-refractivity contribution in [2.45, 2.75) is 55.0 Å². The van der Waals surface area contributed by atoms with Gasteiger partial charge in [-0.15, -0.1) is 0 Å². The molecule has 0 unspecified atom stereocenters. The van der Waals surface area contributed by atoms with Crippen LogP contribution < -0.4 is 10.6 Å². The summed E-state index contributed by atoms with van der Waals surface area (Å²) in [5.41, 5.74) is 7.93. The van der Waals surface area contributed by atoms with Gasteiger partial charge >= 0.3 is 0 Å². The third-order valence-corrected chi connectivity index (χ3v) is 5.23. The average molecular weight is 379 g/mol. The van der Waals surface area contributed by atoms with Crippen LogP contribution in [0.2, 0.25) is 0 Å². The zero-order valence-electron chi connectivity index (χ0n) is 17.9. The Morgan fingerprint density at radius 1 is 1.11 bits per heavy atom. The van der Waals surface area contributed by atoms with Gasteiger partial charge in [0.25, 0.3) is 0 Å². The molecule has 0 aliphatic heterocycles. The summed E-state index contributed by atoms with van der Waals surface area (Å²) in [7, 11) is 0. The first-order valence-corrected chi connectivity index (χ1v) is 9.67. The van der Waals surface area contributed by atoms with Crippen molar-refractivity contribution in [1.29, 1.82) is 0 Å². The highest BCUT2D eigenvalue weighted by atomic mass is 16.2. The van der Waals surface area contributed by atoms with E-state index in [1.165, 1.54) is 16.7 Å². The van der Waals surface area contributed by atoms with Gasteiger partial charge in [0.2, 0.25) is 5.91 Å². The van der Waals surface area contributed by atoms with Gasteiger partial charge in [0.15, 0.2) is 5.65 Å². The number of carbonyl (C=O) groups excluding carboxylic acids is 1. The Labute approximate surface area is 167 Å². The number of nitrogens with zero attached hydrogens (tertiary/aromatic N) is 2. The standard InChI is InChI=1S/C23H30N4O/c1-14-9-8-10-15(2)19(14)12-24-20-11-18(26-22(28)23(5,6)7)13-27-17(4)16(3)25-21(20)27/h8-11,13,24H,12H2,1-7H3,(H,26,28). The summed E-state index contributed by atoms with van der Waals surface area (Å²) in [5.74, 6) is -0.0120. The number of hydrogen-bond acceptors (Lipinski definition) is 3. The Morgan fingerprint density at radius 2 is 1.75 bits per heavy atom. The lowest BCUT2D eigenvalue weighted by atomic mass is 9.95. The van der Waals surface area contributed by atoms with Gasteiger partial charge < -0.3 is 15.0 Å². The molecule has 0 fully saturated rings. The summed E-state index contributed by atoms with van der Waals surface area (Å²) in [5, 5.41) is 6.59. The van der Waals surface area contributed by atoms with E-state index in [4.69, 9.17) is 4.98 Å². The monoisotopic (exact) mass is 378 g/mol. The zero-order chi connectivity index (χ0) is 20.6. The van der Waals surface area contributed by atoms with Crippen LogP contribution in [0, 0.1) is 33.1 Å². The Balaban J connectivity index is 2.00. The summed E-state index contributed by atoms with van der Waals surface area (Å²) in [4.78, 5) is 17.2. The molecule has 5 heteroatoms. The van der Waals surface area contributed by atoms with Gasteiger partial charge in [0.1, 0.15) is 0 Å². The summed E-state index contributed by atoms with van der Waals surface area (Å²) >= 11 is 0. The van der Waals surface area contributed by atoms with E-state index in [0.717, 1.165) is 28.4 Å². The van der Waals surface area contributed by atoms with E-state index < -0.39 is 5.41 Å². The minimum atomic E-state index is -0.458. The van der Waals surface area contributed by atoms with Crippen LogP contribution in [0.25, 0.3) is 5.65 Å². The summed E-state index contributed by atoms with van der Waals surface area (Å²) < 4.78 is 2.04. The highest BCUT2D eigenvalue weighted by molar-refractivity contribution is 5.95. The van der Waals surface area contributed by atoms with E-state index in [-0.39, 0.29) is 5.91 Å². The van der Waals surface area contributed by atoms with Crippen LogP contribution in [0.15, 0.2) is 30.5 Å². The molecule has 5 nitrogen and oxygen atoms in total. The van der Waals surface area contributed by atoms with Gasteiger partial charge in [-0.3, -0.25) is 4.79 Å². The zero-order valence-corrected chi connectivity index (χ0v) is 17.9. The number of amides is 1. The van der Waals surface area contributed by atoms with E-state index in [2.05, 4.69) is 42.7 Å². The molecule has 3 aromatic rings. The van der Waals surface area contributed by atoms with Gasteiger partial charge in [-0.05, 0) is 50.5 Å². The molecule has 0 bridgehead atoms. The lowest BCUT2D eigenvalue weighted by molar-refractivity contribution is -0.123. The lowest BCUT2D eigenvalue weighted by Crippen LogP contribution is -2.27. The summed E-state index contributed by atoms with van der Waals surface area (Å²) in [6.45, 7) is 14.7. The summed E-state index contributed by atoms with van der Waals surface area (Å²) in [6.07, 6.45) is 1.94. The largest absolute Gasteiger partial charge is 0.378 e. The molecule has 28 heavy (non-hydrogen) atoms. The van der Waals surface area contributed by atoms with Gasteiger partial charge in [0.05, 0.1) is 17.1 Å². The molecule has 1 amide bonds. The minimum Gasteiger partial charge on any atom is -0.378 e. The Morgan fingerprint density at radius 3 is 2.36 bits per heavy atom. The molecule has 2 N–H and O–H groups in total. The molecule has 1 aromatic carbocycles. The number of pyridine rings is 1. The SMILES string of the molecule is Cc1cccc(C)c1CNc1cc(NC(=O)C(C)(C)C)cn2c(C)c(C)nc12. The predicted octanol–water partition coefficient (Wildman–Crippen LogP) is 5.16. The Hall–Kier alpha value is -2.82. The predicted molar refractivity (Wildman–Crippen MR) is 116 cm³/mol. The normalized spacial score (nSPS) is 11.7. The van der Waals surface area contributed by atoms with Crippen molar-refractivity contribution in [3.63, 3.8) is 0 Å². The van der Waals surface area contributed by atoms with Crippen molar-refractivity contribution in [2.24, 2.45) is 5.41 Å². The van der Waals surface area contributed by atoms with Crippen LogP contribution in [-0.4, -0.2) is 15.3 Å². The van der Waals surface area contributed by atoms with E-state index in [9.17, 15) is 4.79 Å². The third kappa shape index (κ3) is 3.88. The average Bonchev–Trinajstić information content (AvgIpc) is 2.89. The molecule has 2 aromatic heterocycles. The topological polar surface area (TPSA) is 58.4 Å². The van der Waals surface area contributed by atoms with Crippen LogP contribution in [-0.2, 0) is 11.3 Å². The third-order valence-electron chi connectivity index (χ3n) is 5.23. The van der Waals surface area contributed by atoms with Crippen molar-refractivity contribution in [2.75, 3.05) is 10.6 Å². The highest BCUT2D eigenvalue weighted by Crippen LogP contribution is 2.27. The smallest absolute Gasteiger partial charge is 0.229 e. The van der Waals surface area contributed by atoms with E-state index >= 15 is 0 Å². The first kappa shape index (κ1) is 19.9. The maximum atomic E-state index is 12.5. The van der Waals surface area contributed by atoms with Crippen LogP contribution in [0.5, 0.6) is 0 Å². The van der Waals surface area contributed by atoms with Crippen molar-refractivity contribution in [3.8, 4) is 0 Å². The molecule has 0 aliphatic rings. The number of aromatic nitrogens is 2. The van der Waals surface area contributed by atoms with Crippen molar-refractivity contribution >= 4 is 22.9 Å². The van der Waals surface area contributed by atoms with E-state index in [1.807, 2.05) is 51.3 Å². The van der Waals surface area contributed by atoms with Gasteiger partial charge in [-0.25, -0.2) is 4.98 Å². The van der Waals surface area contributed by atoms with Gasteiger partial charge in [0, 0.05) is 23.9 Å². The fourth-order valence-corrected chi connectivity index (χ4v) is 3.20. The Bertz CT molecular complexity index is 1020. The molecular weight excluding hydrogens is 348 g/mol. The van der Waals surface area contributed by atoms with E-state index in [1.54, 1.807) is 0 Å². The van der Waals surface area contributed by atoms with Gasteiger partial charge in [-0.2, -0.15) is 0 Å². The number of imidazole rings is 1.